The third kappa shape index (κ3) is 4.01. The van der Waals surface area contributed by atoms with Gasteiger partial charge in [0, 0.05) is 45.0 Å². The molecule has 1 saturated heterocycles. The lowest BCUT2D eigenvalue weighted by Crippen LogP contribution is -2.41. The minimum atomic E-state index is -1.16. The molecule has 3 heterocycles. The van der Waals surface area contributed by atoms with Crippen LogP contribution in [0.5, 0.6) is 0 Å². The van der Waals surface area contributed by atoms with Crippen molar-refractivity contribution in [3.63, 3.8) is 0 Å². The number of ether oxygens (including phenoxy) is 1. The Kier molecular flexibility index (Phi) is 5.46. The van der Waals surface area contributed by atoms with Crippen LogP contribution >= 0.6 is 0 Å². The minimum Gasteiger partial charge on any atom is -0.399 e. The third-order valence-electron chi connectivity index (χ3n) is 5.87. The van der Waals surface area contributed by atoms with Gasteiger partial charge in [0.1, 0.15) is 12.2 Å². The minimum absolute atomic E-state index is 0.0472. The highest BCUT2D eigenvalue weighted by molar-refractivity contribution is 6.76. The molecular weight excluding hydrogens is 371 g/mol. The highest BCUT2D eigenvalue weighted by Crippen LogP contribution is 2.37. The zero-order valence-electron chi connectivity index (χ0n) is 18.5. The van der Waals surface area contributed by atoms with Crippen molar-refractivity contribution < 1.29 is 14.0 Å². The van der Waals surface area contributed by atoms with Gasteiger partial charge in [0.25, 0.3) is 5.56 Å². The molecule has 1 aliphatic rings. The van der Waals surface area contributed by atoms with E-state index in [0.717, 1.165) is 16.9 Å². The summed E-state index contributed by atoms with van der Waals surface area (Å²) in [4.78, 5) is 12.8. The molecule has 1 aliphatic heterocycles. The van der Waals surface area contributed by atoms with Gasteiger partial charge in [-0.2, -0.15) is 0 Å². The molecule has 154 valence electrons. The molecule has 0 radical (unpaired) electrons. The van der Waals surface area contributed by atoms with E-state index in [1.807, 2.05) is 44.5 Å². The first-order chi connectivity index (χ1) is 12.8. The number of aromatic nitrogens is 2. The smallest absolute Gasteiger partial charge is 0.399 e. The average molecular weight is 404 g/mol. The van der Waals surface area contributed by atoms with Gasteiger partial charge in [-0.25, -0.2) is 0 Å². The van der Waals surface area contributed by atoms with E-state index < -0.39 is 26.4 Å². The standard InChI is InChI=1S/C20H33BN2O4Si/c1-19(2)20(3,4)27-21(26-19)16-13-23(14-25-11-12-28(6,7)8)17-15(16)9-10-22(5)18(17)24/h9-10,13H,11-12,14H2,1-8H3. The van der Waals surface area contributed by atoms with Crippen LogP contribution < -0.4 is 11.0 Å². The molecule has 2 aromatic heterocycles. The van der Waals surface area contributed by atoms with Gasteiger partial charge in [-0.1, -0.05) is 19.6 Å². The van der Waals surface area contributed by atoms with Crippen molar-refractivity contribution in [3.05, 3.63) is 28.8 Å². The summed E-state index contributed by atoms with van der Waals surface area (Å²) in [6.45, 7) is 16.2. The third-order valence-corrected chi connectivity index (χ3v) is 7.57. The highest BCUT2D eigenvalue weighted by atomic mass is 28.3. The molecule has 0 N–H and O–H groups in total. The Morgan fingerprint density at radius 3 is 2.32 bits per heavy atom. The van der Waals surface area contributed by atoms with Crippen molar-refractivity contribution in [2.24, 2.45) is 7.05 Å². The second-order valence-corrected chi connectivity index (χ2v) is 15.6. The molecule has 0 aromatic carbocycles. The van der Waals surface area contributed by atoms with Crippen molar-refractivity contribution in [1.82, 2.24) is 9.13 Å². The van der Waals surface area contributed by atoms with Crippen molar-refractivity contribution in [3.8, 4) is 0 Å². The van der Waals surface area contributed by atoms with Crippen molar-refractivity contribution in [2.45, 2.75) is 71.3 Å². The van der Waals surface area contributed by atoms with Crippen LogP contribution in [-0.4, -0.2) is 42.1 Å². The summed E-state index contributed by atoms with van der Waals surface area (Å²) in [5.41, 5.74) is 0.594. The molecule has 0 unspecified atom stereocenters. The second-order valence-electron chi connectivity index (χ2n) is 9.98. The van der Waals surface area contributed by atoms with Crippen LogP contribution in [-0.2, 0) is 27.8 Å². The SMILES string of the molecule is Cn1ccc2c(B3OC(C)(C)C(C)(C)O3)cn(COCC[Si](C)(C)C)c2c1=O. The van der Waals surface area contributed by atoms with Crippen LogP contribution in [0.15, 0.2) is 23.3 Å². The topological polar surface area (TPSA) is 54.6 Å². The van der Waals surface area contributed by atoms with Gasteiger partial charge in [0.05, 0.1) is 11.2 Å². The van der Waals surface area contributed by atoms with Crippen LogP contribution in [0, 0.1) is 0 Å². The predicted molar refractivity (Wildman–Crippen MR) is 117 cm³/mol. The summed E-state index contributed by atoms with van der Waals surface area (Å²) in [7, 11) is 0.0951. The number of hydrogen-bond acceptors (Lipinski definition) is 4. The lowest BCUT2D eigenvalue weighted by molar-refractivity contribution is 0.00578. The van der Waals surface area contributed by atoms with Gasteiger partial charge in [-0.05, 0) is 39.8 Å². The maximum absolute atomic E-state index is 12.8. The summed E-state index contributed by atoms with van der Waals surface area (Å²) in [5.74, 6) is 0. The van der Waals surface area contributed by atoms with Crippen LogP contribution in [0.25, 0.3) is 10.9 Å². The summed E-state index contributed by atoms with van der Waals surface area (Å²) >= 11 is 0. The largest absolute Gasteiger partial charge is 0.497 e. The van der Waals surface area contributed by atoms with Crippen LogP contribution in [0.3, 0.4) is 0 Å². The number of fused-ring (bicyclic) bond motifs is 1. The first-order valence-electron chi connectivity index (χ1n) is 9.94. The molecule has 0 saturated carbocycles. The molecule has 2 aromatic rings. The fourth-order valence-electron chi connectivity index (χ4n) is 3.23. The average Bonchev–Trinajstić information content (AvgIpc) is 3.02. The molecule has 0 bridgehead atoms. The Balaban J connectivity index is 1.95. The van der Waals surface area contributed by atoms with E-state index in [1.54, 1.807) is 17.8 Å². The zero-order chi connectivity index (χ0) is 20.9. The van der Waals surface area contributed by atoms with E-state index in [2.05, 4.69) is 19.6 Å². The number of rotatable bonds is 6. The predicted octanol–water partition coefficient (Wildman–Crippen LogP) is 2.95. The van der Waals surface area contributed by atoms with Crippen LogP contribution in [0.2, 0.25) is 25.7 Å². The van der Waals surface area contributed by atoms with Crippen LogP contribution in [0.4, 0.5) is 0 Å². The molecule has 0 aliphatic carbocycles. The molecule has 3 rings (SSSR count). The Labute approximate surface area is 168 Å². The van der Waals surface area contributed by atoms with Gasteiger partial charge in [0.15, 0.2) is 0 Å². The summed E-state index contributed by atoms with van der Waals surface area (Å²) < 4.78 is 21.9. The van der Waals surface area contributed by atoms with Gasteiger partial charge >= 0.3 is 7.12 Å². The molecule has 0 atom stereocenters. The van der Waals surface area contributed by atoms with Gasteiger partial charge in [0.2, 0.25) is 0 Å². The number of pyridine rings is 1. The van der Waals surface area contributed by atoms with Crippen molar-refractivity contribution in [1.29, 1.82) is 0 Å². The molecule has 1 fully saturated rings. The zero-order valence-corrected chi connectivity index (χ0v) is 19.5. The lowest BCUT2D eigenvalue weighted by Gasteiger charge is -2.32. The molecule has 6 nitrogen and oxygen atoms in total. The maximum Gasteiger partial charge on any atom is 0.497 e. The number of nitrogens with zero attached hydrogens (tertiary/aromatic N) is 2. The summed E-state index contributed by atoms with van der Waals surface area (Å²) in [5, 5.41) is 0.857. The van der Waals surface area contributed by atoms with E-state index in [9.17, 15) is 4.79 Å². The lowest BCUT2D eigenvalue weighted by atomic mass is 9.79. The Hall–Kier alpha value is -1.35. The molecular formula is C20H33BN2O4Si. The van der Waals surface area contributed by atoms with Crippen molar-refractivity contribution in [2.75, 3.05) is 6.61 Å². The number of hydrogen-bond donors (Lipinski definition) is 0. The Morgan fingerprint density at radius 1 is 1.14 bits per heavy atom. The molecule has 28 heavy (non-hydrogen) atoms. The number of aryl methyl sites for hydroxylation is 1. The van der Waals surface area contributed by atoms with E-state index in [0.29, 0.717) is 18.9 Å². The summed E-state index contributed by atoms with van der Waals surface area (Å²) in [6.07, 6.45) is 3.73. The fraction of sp³-hybridized carbons (Fsp3) is 0.650. The van der Waals surface area contributed by atoms with E-state index in [-0.39, 0.29) is 5.56 Å². The second kappa shape index (κ2) is 7.16. The monoisotopic (exact) mass is 404 g/mol. The maximum atomic E-state index is 12.8. The summed E-state index contributed by atoms with van der Waals surface area (Å²) in [6, 6.07) is 3.05. The van der Waals surface area contributed by atoms with Gasteiger partial charge in [-0.15, -0.1) is 0 Å². The van der Waals surface area contributed by atoms with E-state index in [4.69, 9.17) is 14.0 Å². The first kappa shape index (κ1) is 21.4. The molecule has 0 spiro atoms. The quantitative estimate of drug-likeness (QED) is 0.549. The fourth-order valence-corrected chi connectivity index (χ4v) is 3.99. The Morgan fingerprint density at radius 2 is 1.75 bits per heavy atom. The van der Waals surface area contributed by atoms with Crippen LogP contribution in [0.1, 0.15) is 27.7 Å². The van der Waals surface area contributed by atoms with Crippen molar-refractivity contribution >= 4 is 31.6 Å². The van der Waals surface area contributed by atoms with E-state index >= 15 is 0 Å². The highest BCUT2D eigenvalue weighted by Gasteiger charge is 2.52. The van der Waals surface area contributed by atoms with E-state index in [1.165, 1.54) is 0 Å². The first-order valence-corrected chi connectivity index (χ1v) is 13.6. The molecule has 8 heteroatoms. The van der Waals surface area contributed by atoms with Gasteiger partial charge in [-0.3, -0.25) is 4.79 Å². The Bertz CT molecular complexity index is 911. The molecule has 0 amide bonds. The normalized spacial score (nSPS) is 18.9. The van der Waals surface area contributed by atoms with Gasteiger partial charge < -0.3 is 23.2 Å².